The Morgan fingerprint density at radius 1 is 1.10 bits per heavy atom. The number of H-pyrrole nitrogens is 1. The van der Waals surface area contributed by atoms with Gasteiger partial charge in [-0.2, -0.15) is 5.10 Å². The SMILES string of the molecule is CC1C(N)CCC(c2nc(C3CCCCC3)n[nH]2)C1(C)C. The average molecular weight is 290 g/mol. The van der Waals surface area contributed by atoms with Gasteiger partial charge in [-0.25, -0.2) is 4.98 Å². The first-order valence-corrected chi connectivity index (χ1v) is 8.68. The highest BCUT2D eigenvalue weighted by Crippen LogP contribution is 2.49. The van der Waals surface area contributed by atoms with Crippen molar-refractivity contribution in [2.75, 3.05) is 0 Å². The van der Waals surface area contributed by atoms with Crippen LogP contribution in [0.2, 0.25) is 0 Å². The lowest BCUT2D eigenvalue weighted by Crippen LogP contribution is -2.46. The van der Waals surface area contributed by atoms with E-state index in [1.165, 1.54) is 32.1 Å². The molecule has 1 heterocycles. The molecule has 21 heavy (non-hydrogen) atoms. The van der Waals surface area contributed by atoms with Crippen molar-refractivity contribution in [1.82, 2.24) is 15.2 Å². The molecule has 0 aromatic carbocycles. The maximum Gasteiger partial charge on any atom is 0.153 e. The van der Waals surface area contributed by atoms with E-state index in [0.29, 0.717) is 23.8 Å². The van der Waals surface area contributed by atoms with E-state index in [9.17, 15) is 0 Å². The predicted octanol–water partition coefficient (Wildman–Crippen LogP) is 3.72. The van der Waals surface area contributed by atoms with Crippen molar-refractivity contribution in [3.8, 4) is 0 Å². The number of nitrogens with zero attached hydrogens (tertiary/aromatic N) is 2. The van der Waals surface area contributed by atoms with Gasteiger partial charge in [-0.3, -0.25) is 5.10 Å². The number of hydrogen-bond acceptors (Lipinski definition) is 3. The van der Waals surface area contributed by atoms with E-state index in [-0.39, 0.29) is 5.41 Å². The minimum absolute atomic E-state index is 0.182. The smallest absolute Gasteiger partial charge is 0.153 e. The van der Waals surface area contributed by atoms with Crippen LogP contribution in [0.5, 0.6) is 0 Å². The summed E-state index contributed by atoms with van der Waals surface area (Å²) in [6, 6.07) is 0.317. The average Bonchev–Trinajstić information content (AvgIpc) is 2.95. The van der Waals surface area contributed by atoms with Crippen molar-refractivity contribution in [1.29, 1.82) is 0 Å². The molecule has 2 fully saturated rings. The van der Waals surface area contributed by atoms with Crippen LogP contribution in [0.15, 0.2) is 0 Å². The van der Waals surface area contributed by atoms with E-state index in [2.05, 4.69) is 31.0 Å². The van der Waals surface area contributed by atoms with Gasteiger partial charge in [0, 0.05) is 17.9 Å². The minimum atomic E-state index is 0.182. The van der Waals surface area contributed by atoms with Crippen molar-refractivity contribution < 1.29 is 0 Å². The number of nitrogens with one attached hydrogen (secondary N) is 1. The summed E-state index contributed by atoms with van der Waals surface area (Å²) in [7, 11) is 0. The first-order valence-electron chi connectivity index (χ1n) is 8.68. The molecule has 2 aliphatic rings. The summed E-state index contributed by atoms with van der Waals surface area (Å²) in [5.41, 5.74) is 6.45. The molecule has 2 aliphatic carbocycles. The van der Waals surface area contributed by atoms with Crippen molar-refractivity contribution >= 4 is 0 Å². The molecule has 3 N–H and O–H groups in total. The Bertz CT molecular complexity index is 473. The summed E-state index contributed by atoms with van der Waals surface area (Å²) in [6.07, 6.45) is 8.76. The van der Waals surface area contributed by atoms with Crippen LogP contribution in [0.3, 0.4) is 0 Å². The minimum Gasteiger partial charge on any atom is -0.327 e. The highest BCUT2D eigenvalue weighted by Gasteiger charge is 2.43. The fraction of sp³-hybridized carbons (Fsp3) is 0.882. The van der Waals surface area contributed by atoms with Crippen LogP contribution in [0.25, 0.3) is 0 Å². The van der Waals surface area contributed by atoms with Crippen LogP contribution in [-0.2, 0) is 0 Å². The number of rotatable bonds is 2. The van der Waals surface area contributed by atoms with Gasteiger partial charge in [0.15, 0.2) is 5.82 Å². The molecular formula is C17H30N4. The summed E-state index contributed by atoms with van der Waals surface area (Å²) < 4.78 is 0. The maximum absolute atomic E-state index is 6.27. The Kier molecular flexibility index (Phi) is 4.08. The lowest BCUT2D eigenvalue weighted by Gasteiger charge is -2.46. The second-order valence-corrected chi connectivity index (χ2v) is 7.82. The Balaban J connectivity index is 1.79. The topological polar surface area (TPSA) is 67.6 Å². The molecule has 1 aromatic rings. The molecular weight excluding hydrogens is 260 g/mol. The predicted molar refractivity (Wildman–Crippen MR) is 85.1 cm³/mol. The molecule has 0 amide bonds. The summed E-state index contributed by atoms with van der Waals surface area (Å²) in [5.74, 6) is 3.70. The van der Waals surface area contributed by atoms with Gasteiger partial charge in [-0.15, -0.1) is 0 Å². The van der Waals surface area contributed by atoms with Crippen LogP contribution < -0.4 is 5.73 Å². The standard InChI is InChI=1S/C17H30N4/c1-11-14(18)10-9-13(17(11,2)3)16-19-15(20-21-16)12-7-5-4-6-8-12/h11-14H,4-10,18H2,1-3H3,(H,19,20,21). The van der Waals surface area contributed by atoms with Crippen LogP contribution in [0.1, 0.15) is 89.2 Å². The normalized spacial score (nSPS) is 34.0. The van der Waals surface area contributed by atoms with E-state index >= 15 is 0 Å². The first kappa shape index (κ1) is 15.0. The van der Waals surface area contributed by atoms with Crippen molar-refractivity contribution in [3.05, 3.63) is 11.6 Å². The second-order valence-electron chi connectivity index (χ2n) is 7.82. The lowest BCUT2D eigenvalue weighted by atomic mass is 9.61. The fourth-order valence-corrected chi connectivity index (χ4v) is 4.33. The molecule has 4 heteroatoms. The van der Waals surface area contributed by atoms with Crippen LogP contribution >= 0.6 is 0 Å². The van der Waals surface area contributed by atoms with Gasteiger partial charge in [0.1, 0.15) is 5.82 Å². The van der Waals surface area contributed by atoms with Crippen molar-refractivity contribution in [2.24, 2.45) is 17.1 Å². The molecule has 3 rings (SSSR count). The van der Waals surface area contributed by atoms with E-state index < -0.39 is 0 Å². The Morgan fingerprint density at radius 3 is 2.52 bits per heavy atom. The highest BCUT2D eigenvalue weighted by molar-refractivity contribution is 5.10. The molecule has 118 valence electrons. The quantitative estimate of drug-likeness (QED) is 0.872. The zero-order valence-electron chi connectivity index (χ0n) is 13.7. The van der Waals surface area contributed by atoms with Crippen molar-refractivity contribution in [3.63, 3.8) is 0 Å². The van der Waals surface area contributed by atoms with Gasteiger partial charge < -0.3 is 5.73 Å². The van der Waals surface area contributed by atoms with Gasteiger partial charge in [-0.1, -0.05) is 40.0 Å². The van der Waals surface area contributed by atoms with E-state index in [1.807, 2.05) is 0 Å². The number of nitrogens with two attached hydrogens (primary N) is 1. The summed E-state index contributed by atoms with van der Waals surface area (Å²) in [6.45, 7) is 6.96. The molecule has 3 unspecified atom stereocenters. The summed E-state index contributed by atoms with van der Waals surface area (Å²) in [5, 5.41) is 7.82. The van der Waals surface area contributed by atoms with Crippen LogP contribution in [0.4, 0.5) is 0 Å². The zero-order chi connectivity index (χ0) is 15.0. The Labute approximate surface area is 128 Å². The maximum atomic E-state index is 6.27. The number of aromatic nitrogens is 3. The largest absolute Gasteiger partial charge is 0.327 e. The monoisotopic (exact) mass is 290 g/mol. The van der Waals surface area contributed by atoms with Crippen LogP contribution in [0, 0.1) is 11.3 Å². The molecule has 4 nitrogen and oxygen atoms in total. The van der Waals surface area contributed by atoms with Crippen LogP contribution in [-0.4, -0.2) is 21.2 Å². The van der Waals surface area contributed by atoms with E-state index in [0.717, 1.165) is 24.5 Å². The summed E-state index contributed by atoms with van der Waals surface area (Å²) in [4.78, 5) is 4.91. The van der Waals surface area contributed by atoms with E-state index in [4.69, 9.17) is 10.7 Å². The third-order valence-corrected chi connectivity index (χ3v) is 6.32. The van der Waals surface area contributed by atoms with Crippen molar-refractivity contribution in [2.45, 2.75) is 83.6 Å². The van der Waals surface area contributed by atoms with Gasteiger partial charge in [0.25, 0.3) is 0 Å². The highest BCUT2D eigenvalue weighted by atomic mass is 15.2. The first-order chi connectivity index (χ1) is 10.00. The van der Waals surface area contributed by atoms with Gasteiger partial charge in [-0.05, 0) is 37.0 Å². The fourth-order valence-electron chi connectivity index (χ4n) is 4.33. The molecule has 2 saturated carbocycles. The third-order valence-electron chi connectivity index (χ3n) is 6.32. The Hall–Kier alpha value is -0.900. The number of hydrogen-bond donors (Lipinski definition) is 2. The molecule has 0 radical (unpaired) electrons. The lowest BCUT2D eigenvalue weighted by molar-refractivity contribution is 0.0949. The van der Waals surface area contributed by atoms with E-state index in [1.54, 1.807) is 0 Å². The molecule has 0 spiro atoms. The summed E-state index contributed by atoms with van der Waals surface area (Å²) >= 11 is 0. The molecule has 3 atom stereocenters. The zero-order valence-corrected chi connectivity index (χ0v) is 13.7. The third kappa shape index (κ3) is 2.75. The van der Waals surface area contributed by atoms with Gasteiger partial charge >= 0.3 is 0 Å². The molecule has 0 saturated heterocycles. The van der Waals surface area contributed by atoms with Gasteiger partial charge in [0.2, 0.25) is 0 Å². The second kappa shape index (κ2) is 5.71. The molecule has 0 aliphatic heterocycles. The molecule has 1 aromatic heterocycles. The van der Waals surface area contributed by atoms with Gasteiger partial charge in [0.05, 0.1) is 0 Å². The molecule has 0 bridgehead atoms. The number of aromatic amines is 1. The Morgan fingerprint density at radius 2 is 1.81 bits per heavy atom.